The van der Waals surface area contributed by atoms with Crippen molar-refractivity contribution in [3.8, 4) is 17.2 Å². The van der Waals surface area contributed by atoms with E-state index in [-0.39, 0.29) is 17.2 Å². The molecule has 2 aromatic heterocycles. The number of pyridine rings is 2. The molecule has 0 unspecified atom stereocenters. The lowest BCUT2D eigenvalue weighted by atomic mass is 9.99. The largest absolute Gasteiger partial charge is 0.311 e. The third kappa shape index (κ3) is 1.93. The lowest BCUT2D eigenvalue weighted by Crippen LogP contribution is -2.23. The topological polar surface area (TPSA) is 58.7 Å². The van der Waals surface area contributed by atoms with Crippen LogP contribution >= 0.6 is 0 Å². The molecular weight excluding hydrogens is 238 g/mol. The van der Waals surface area contributed by atoms with Gasteiger partial charge in [0.25, 0.3) is 5.56 Å². The molecule has 2 aromatic rings. The van der Waals surface area contributed by atoms with Gasteiger partial charge in [-0.05, 0) is 31.4 Å². The first-order valence-corrected chi connectivity index (χ1v) is 6.28. The minimum atomic E-state index is -0.186. The first-order valence-electron chi connectivity index (χ1n) is 6.28. The Labute approximate surface area is 111 Å². The minimum absolute atomic E-state index is 0.186. The summed E-state index contributed by atoms with van der Waals surface area (Å²) in [5, 5.41) is 9.33. The summed E-state index contributed by atoms with van der Waals surface area (Å²) in [6.07, 6.45) is 7.27. The monoisotopic (exact) mass is 251 g/mol. The smallest absolute Gasteiger partial charge is 0.269 e. The first-order chi connectivity index (χ1) is 9.22. The minimum Gasteiger partial charge on any atom is -0.311 e. The predicted molar refractivity (Wildman–Crippen MR) is 71.7 cm³/mol. The van der Waals surface area contributed by atoms with E-state index < -0.39 is 0 Å². The molecule has 0 N–H and O–H groups in total. The normalized spacial score (nSPS) is 14.1. The highest BCUT2D eigenvalue weighted by Crippen LogP contribution is 2.35. The van der Waals surface area contributed by atoms with Crippen molar-refractivity contribution in [3.63, 3.8) is 0 Å². The number of aromatic nitrogens is 2. The molecule has 0 aliphatic heterocycles. The van der Waals surface area contributed by atoms with Crippen molar-refractivity contribution in [1.29, 1.82) is 5.26 Å². The van der Waals surface area contributed by atoms with Crippen LogP contribution in [0, 0.1) is 18.3 Å². The molecule has 1 fully saturated rings. The van der Waals surface area contributed by atoms with Crippen molar-refractivity contribution < 1.29 is 0 Å². The van der Waals surface area contributed by atoms with Crippen LogP contribution in [0.1, 0.15) is 30.0 Å². The third-order valence-electron chi connectivity index (χ3n) is 3.43. The summed E-state index contributed by atoms with van der Waals surface area (Å²) in [7, 11) is 0. The zero-order valence-electron chi connectivity index (χ0n) is 10.6. The van der Waals surface area contributed by atoms with E-state index in [1.807, 2.05) is 25.3 Å². The fourth-order valence-electron chi connectivity index (χ4n) is 2.38. The summed E-state index contributed by atoms with van der Waals surface area (Å²) in [5.74, 6) is 0. The standard InChI is InChI=1S/C15H13N3O/c1-10-9-18(12-4-5-12)15(19)13(7-16)14(10)11-3-2-6-17-8-11/h2-3,6,8-9,12H,4-5H2,1H3. The van der Waals surface area contributed by atoms with Crippen molar-refractivity contribution in [2.24, 2.45) is 0 Å². The number of hydrogen-bond donors (Lipinski definition) is 0. The van der Waals surface area contributed by atoms with E-state index in [1.165, 1.54) is 0 Å². The predicted octanol–water partition coefficient (Wildman–Crippen LogP) is 2.43. The van der Waals surface area contributed by atoms with Gasteiger partial charge in [-0.25, -0.2) is 0 Å². The van der Waals surface area contributed by atoms with Gasteiger partial charge in [0.05, 0.1) is 0 Å². The molecule has 4 heteroatoms. The molecule has 0 spiro atoms. The van der Waals surface area contributed by atoms with E-state index in [4.69, 9.17) is 0 Å². The van der Waals surface area contributed by atoms with Gasteiger partial charge in [0.1, 0.15) is 11.6 Å². The van der Waals surface area contributed by atoms with E-state index in [1.54, 1.807) is 17.0 Å². The van der Waals surface area contributed by atoms with Crippen LogP contribution in [0.5, 0.6) is 0 Å². The Kier molecular flexibility index (Phi) is 2.68. The van der Waals surface area contributed by atoms with Crippen molar-refractivity contribution in [1.82, 2.24) is 9.55 Å². The van der Waals surface area contributed by atoms with Gasteiger partial charge in [-0.15, -0.1) is 0 Å². The SMILES string of the molecule is Cc1cn(C2CC2)c(=O)c(C#N)c1-c1cccnc1. The van der Waals surface area contributed by atoms with Crippen molar-refractivity contribution >= 4 is 0 Å². The summed E-state index contributed by atoms with van der Waals surface area (Å²) in [5.41, 5.74) is 2.50. The van der Waals surface area contributed by atoms with Gasteiger partial charge in [-0.2, -0.15) is 5.26 Å². The lowest BCUT2D eigenvalue weighted by molar-refractivity contribution is 0.701. The third-order valence-corrected chi connectivity index (χ3v) is 3.43. The summed E-state index contributed by atoms with van der Waals surface area (Å²) in [4.78, 5) is 16.4. The van der Waals surface area contributed by atoms with Crippen molar-refractivity contribution in [3.05, 3.63) is 52.2 Å². The Morgan fingerprint density at radius 2 is 2.26 bits per heavy atom. The van der Waals surface area contributed by atoms with Crippen molar-refractivity contribution in [2.75, 3.05) is 0 Å². The van der Waals surface area contributed by atoms with Crippen LogP contribution in [-0.2, 0) is 0 Å². The Balaban J connectivity index is 2.29. The molecule has 1 aliphatic rings. The van der Waals surface area contributed by atoms with Crippen LogP contribution in [0.2, 0.25) is 0 Å². The molecule has 4 nitrogen and oxygen atoms in total. The van der Waals surface area contributed by atoms with Crippen LogP contribution < -0.4 is 5.56 Å². The molecule has 0 saturated heterocycles. The van der Waals surface area contributed by atoms with Crippen LogP contribution in [0.15, 0.2) is 35.5 Å². The Hall–Kier alpha value is -2.41. The van der Waals surface area contributed by atoms with E-state index in [9.17, 15) is 10.1 Å². The number of nitrogens with zero attached hydrogens (tertiary/aromatic N) is 3. The molecule has 19 heavy (non-hydrogen) atoms. The number of nitriles is 1. The summed E-state index contributed by atoms with van der Waals surface area (Å²) >= 11 is 0. The van der Waals surface area contributed by atoms with Gasteiger partial charge in [0.15, 0.2) is 0 Å². The van der Waals surface area contributed by atoms with E-state index in [0.29, 0.717) is 5.56 Å². The van der Waals surface area contributed by atoms with Crippen molar-refractivity contribution in [2.45, 2.75) is 25.8 Å². The Morgan fingerprint density at radius 1 is 1.47 bits per heavy atom. The molecule has 2 heterocycles. The van der Waals surface area contributed by atoms with E-state index in [0.717, 1.165) is 24.0 Å². The molecule has 1 aliphatic carbocycles. The fraction of sp³-hybridized carbons (Fsp3) is 0.267. The van der Waals surface area contributed by atoms with Gasteiger partial charge in [-0.3, -0.25) is 9.78 Å². The average molecular weight is 251 g/mol. The number of aryl methyl sites for hydroxylation is 1. The summed E-state index contributed by atoms with van der Waals surface area (Å²) in [6.45, 7) is 1.93. The fourth-order valence-corrected chi connectivity index (χ4v) is 2.38. The Bertz CT molecular complexity index is 722. The highest BCUT2D eigenvalue weighted by atomic mass is 16.1. The summed E-state index contributed by atoms with van der Waals surface area (Å²) in [6, 6.07) is 6.02. The second-order valence-electron chi connectivity index (χ2n) is 4.86. The summed E-state index contributed by atoms with van der Waals surface area (Å²) < 4.78 is 1.70. The van der Waals surface area contributed by atoms with Crippen LogP contribution in [0.4, 0.5) is 0 Å². The highest BCUT2D eigenvalue weighted by molar-refractivity contribution is 5.72. The maximum Gasteiger partial charge on any atom is 0.269 e. The molecule has 0 aromatic carbocycles. The quantitative estimate of drug-likeness (QED) is 0.823. The maximum atomic E-state index is 12.3. The molecule has 1 saturated carbocycles. The molecule has 94 valence electrons. The second-order valence-corrected chi connectivity index (χ2v) is 4.86. The first kappa shape index (κ1) is 11.7. The molecule has 0 bridgehead atoms. The van der Waals surface area contributed by atoms with Gasteiger partial charge in [-0.1, -0.05) is 6.07 Å². The number of rotatable bonds is 2. The number of hydrogen-bond acceptors (Lipinski definition) is 3. The maximum absolute atomic E-state index is 12.3. The zero-order chi connectivity index (χ0) is 13.4. The van der Waals surface area contributed by atoms with Gasteiger partial charge in [0, 0.05) is 35.8 Å². The van der Waals surface area contributed by atoms with E-state index in [2.05, 4.69) is 11.1 Å². The van der Waals surface area contributed by atoms with Gasteiger partial charge >= 0.3 is 0 Å². The second kappa shape index (κ2) is 4.36. The molecule has 0 amide bonds. The molecular formula is C15H13N3O. The van der Waals surface area contributed by atoms with E-state index >= 15 is 0 Å². The Morgan fingerprint density at radius 3 is 2.84 bits per heavy atom. The molecule has 3 rings (SSSR count). The lowest BCUT2D eigenvalue weighted by Gasteiger charge is -2.12. The highest BCUT2D eigenvalue weighted by Gasteiger charge is 2.27. The van der Waals surface area contributed by atoms with Crippen LogP contribution in [-0.4, -0.2) is 9.55 Å². The molecule has 0 radical (unpaired) electrons. The average Bonchev–Trinajstić information content (AvgIpc) is 3.26. The molecule has 0 atom stereocenters. The van der Waals surface area contributed by atoms with Gasteiger partial charge < -0.3 is 4.57 Å². The van der Waals surface area contributed by atoms with Crippen LogP contribution in [0.3, 0.4) is 0 Å². The zero-order valence-corrected chi connectivity index (χ0v) is 10.6. The van der Waals surface area contributed by atoms with Gasteiger partial charge in [0.2, 0.25) is 0 Å². The van der Waals surface area contributed by atoms with Crippen LogP contribution in [0.25, 0.3) is 11.1 Å².